The number of anilines is 1. The fraction of sp³-hybridized carbons (Fsp3) is 0.0909. The van der Waals surface area contributed by atoms with E-state index in [-0.39, 0.29) is 11.7 Å². The van der Waals surface area contributed by atoms with Gasteiger partial charge in [0.1, 0.15) is 0 Å². The molecule has 0 unspecified atom stereocenters. The highest BCUT2D eigenvalue weighted by molar-refractivity contribution is 7.99. The number of aromatic nitrogens is 3. The van der Waals surface area contributed by atoms with E-state index in [1.807, 2.05) is 41.0 Å². The molecule has 0 aliphatic heterocycles. The second kappa shape index (κ2) is 9.11. The van der Waals surface area contributed by atoms with Crippen LogP contribution < -0.4 is 5.32 Å². The van der Waals surface area contributed by atoms with Crippen molar-refractivity contribution in [2.45, 2.75) is 11.7 Å². The van der Waals surface area contributed by atoms with Crippen molar-refractivity contribution in [2.75, 3.05) is 11.1 Å². The molecular formula is C22H17N5O2S. The van der Waals surface area contributed by atoms with Crippen molar-refractivity contribution in [3.63, 3.8) is 0 Å². The monoisotopic (exact) mass is 415 g/mol. The summed E-state index contributed by atoms with van der Waals surface area (Å²) in [5.41, 5.74) is 2.28. The normalized spacial score (nSPS) is 10.5. The van der Waals surface area contributed by atoms with Gasteiger partial charge in [-0.25, -0.2) is 0 Å². The van der Waals surface area contributed by atoms with Crippen molar-refractivity contribution in [1.29, 1.82) is 5.26 Å². The first-order valence-corrected chi connectivity index (χ1v) is 10.2. The van der Waals surface area contributed by atoms with E-state index in [0.717, 1.165) is 5.56 Å². The lowest BCUT2D eigenvalue weighted by molar-refractivity contribution is -0.113. The first-order chi connectivity index (χ1) is 14.7. The van der Waals surface area contributed by atoms with E-state index in [1.54, 1.807) is 36.6 Å². The number of hydrogen-bond donors (Lipinski definition) is 1. The smallest absolute Gasteiger partial charge is 0.234 e. The number of amides is 1. The standard InChI is InChI=1S/C22H17N5O2S/c23-13-16-8-10-18(11-9-16)24-20(28)15-30-22-26-25-21(19-7-4-12-29-19)27(22)14-17-5-2-1-3-6-17/h1-12H,14-15H2,(H,24,28). The second-order valence-corrected chi connectivity index (χ2v) is 7.32. The molecule has 0 saturated carbocycles. The summed E-state index contributed by atoms with van der Waals surface area (Å²) in [7, 11) is 0. The third-order valence-corrected chi connectivity index (χ3v) is 5.24. The molecular weight excluding hydrogens is 398 g/mol. The van der Waals surface area contributed by atoms with Crippen LogP contribution in [0.1, 0.15) is 11.1 Å². The van der Waals surface area contributed by atoms with Crippen molar-refractivity contribution in [1.82, 2.24) is 14.8 Å². The van der Waals surface area contributed by atoms with Gasteiger partial charge in [0, 0.05) is 5.69 Å². The Bertz CT molecular complexity index is 1160. The third-order valence-electron chi connectivity index (χ3n) is 4.27. The van der Waals surface area contributed by atoms with Crippen molar-refractivity contribution < 1.29 is 9.21 Å². The highest BCUT2D eigenvalue weighted by atomic mass is 32.2. The molecule has 0 aliphatic rings. The molecule has 1 amide bonds. The summed E-state index contributed by atoms with van der Waals surface area (Å²) >= 11 is 1.30. The molecule has 8 heteroatoms. The van der Waals surface area contributed by atoms with E-state index >= 15 is 0 Å². The molecule has 7 nitrogen and oxygen atoms in total. The van der Waals surface area contributed by atoms with Crippen LogP contribution in [0.2, 0.25) is 0 Å². The van der Waals surface area contributed by atoms with Crippen LogP contribution in [-0.4, -0.2) is 26.4 Å². The zero-order chi connectivity index (χ0) is 20.8. The number of nitrogens with zero attached hydrogens (tertiary/aromatic N) is 4. The van der Waals surface area contributed by atoms with E-state index in [0.29, 0.717) is 34.5 Å². The van der Waals surface area contributed by atoms with Crippen LogP contribution in [0.3, 0.4) is 0 Å². The Balaban J connectivity index is 1.49. The van der Waals surface area contributed by atoms with Crippen LogP contribution in [0.25, 0.3) is 11.6 Å². The Morgan fingerprint density at radius 1 is 1.07 bits per heavy atom. The van der Waals surface area contributed by atoms with Crippen molar-refractivity contribution in [2.24, 2.45) is 0 Å². The summed E-state index contributed by atoms with van der Waals surface area (Å²) in [4.78, 5) is 12.4. The van der Waals surface area contributed by atoms with Crippen molar-refractivity contribution >= 4 is 23.4 Å². The topological polar surface area (TPSA) is 96.7 Å². The molecule has 30 heavy (non-hydrogen) atoms. The van der Waals surface area contributed by atoms with Crippen LogP contribution >= 0.6 is 11.8 Å². The number of carbonyl (C=O) groups is 1. The molecule has 2 heterocycles. The van der Waals surface area contributed by atoms with E-state index in [9.17, 15) is 4.79 Å². The molecule has 2 aromatic carbocycles. The molecule has 0 saturated heterocycles. The molecule has 148 valence electrons. The predicted molar refractivity (Wildman–Crippen MR) is 114 cm³/mol. The lowest BCUT2D eigenvalue weighted by Crippen LogP contribution is -2.14. The minimum absolute atomic E-state index is 0.168. The fourth-order valence-electron chi connectivity index (χ4n) is 2.85. The molecule has 0 fully saturated rings. The highest BCUT2D eigenvalue weighted by Gasteiger charge is 2.18. The van der Waals surface area contributed by atoms with Crippen LogP contribution in [0.4, 0.5) is 5.69 Å². The summed E-state index contributed by atoms with van der Waals surface area (Å²) in [6, 6.07) is 22.4. The van der Waals surface area contributed by atoms with Crippen molar-refractivity contribution in [3.8, 4) is 17.7 Å². The van der Waals surface area contributed by atoms with Gasteiger partial charge >= 0.3 is 0 Å². The Morgan fingerprint density at radius 2 is 1.87 bits per heavy atom. The number of furan rings is 1. The molecule has 1 N–H and O–H groups in total. The molecule has 2 aromatic heterocycles. The number of thioether (sulfide) groups is 1. The molecule has 0 atom stereocenters. The van der Waals surface area contributed by atoms with Gasteiger partial charge in [0.05, 0.1) is 30.2 Å². The van der Waals surface area contributed by atoms with E-state index in [2.05, 4.69) is 21.6 Å². The molecule has 0 radical (unpaired) electrons. The van der Waals surface area contributed by atoms with Crippen LogP contribution in [0.15, 0.2) is 82.6 Å². The van der Waals surface area contributed by atoms with Gasteiger partial charge in [0.2, 0.25) is 11.7 Å². The van der Waals surface area contributed by atoms with E-state index < -0.39 is 0 Å². The first kappa shape index (κ1) is 19.5. The highest BCUT2D eigenvalue weighted by Crippen LogP contribution is 2.25. The third kappa shape index (κ3) is 4.59. The van der Waals surface area contributed by atoms with Crippen LogP contribution in [0, 0.1) is 11.3 Å². The number of rotatable bonds is 7. The number of nitriles is 1. The van der Waals surface area contributed by atoms with Crippen LogP contribution in [-0.2, 0) is 11.3 Å². The predicted octanol–water partition coefficient (Wildman–Crippen LogP) is 4.19. The maximum Gasteiger partial charge on any atom is 0.234 e. The van der Waals surface area contributed by atoms with Gasteiger partial charge in [0.25, 0.3) is 0 Å². The molecule has 4 aromatic rings. The molecule has 4 rings (SSSR count). The van der Waals surface area contributed by atoms with Gasteiger partial charge in [-0.15, -0.1) is 10.2 Å². The maximum absolute atomic E-state index is 12.4. The Kier molecular flexibility index (Phi) is 5.92. The number of hydrogen-bond acceptors (Lipinski definition) is 6. The lowest BCUT2D eigenvalue weighted by atomic mass is 10.2. The zero-order valence-corrected chi connectivity index (χ0v) is 16.7. The summed E-state index contributed by atoms with van der Waals surface area (Å²) < 4.78 is 7.44. The van der Waals surface area contributed by atoms with Gasteiger partial charge in [-0.05, 0) is 42.0 Å². The lowest BCUT2D eigenvalue weighted by Gasteiger charge is -2.09. The summed E-state index contributed by atoms with van der Waals surface area (Å²) in [5.74, 6) is 1.23. The molecule has 0 aliphatic carbocycles. The summed E-state index contributed by atoms with van der Waals surface area (Å²) in [5, 5.41) is 20.8. The SMILES string of the molecule is N#Cc1ccc(NC(=O)CSc2nnc(-c3ccco3)n2Cc2ccccc2)cc1. The van der Waals surface area contributed by atoms with Crippen molar-refractivity contribution in [3.05, 3.63) is 84.1 Å². The van der Waals surface area contributed by atoms with Gasteiger partial charge < -0.3 is 9.73 Å². The van der Waals surface area contributed by atoms with E-state index in [1.165, 1.54) is 11.8 Å². The fourth-order valence-corrected chi connectivity index (χ4v) is 3.59. The minimum Gasteiger partial charge on any atom is -0.461 e. The molecule has 0 bridgehead atoms. The maximum atomic E-state index is 12.4. The Hall–Kier alpha value is -3.83. The van der Waals surface area contributed by atoms with E-state index in [4.69, 9.17) is 9.68 Å². The first-order valence-electron chi connectivity index (χ1n) is 9.17. The summed E-state index contributed by atoms with van der Waals surface area (Å²) in [6.07, 6.45) is 1.59. The Morgan fingerprint density at radius 3 is 2.57 bits per heavy atom. The van der Waals surface area contributed by atoms with Gasteiger partial charge in [0.15, 0.2) is 10.9 Å². The number of carbonyl (C=O) groups excluding carboxylic acids is 1. The van der Waals surface area contributed by atoms with Gasteiger partial charge in [-0.1, -0.05) is 42.1 Å². The van der Waals surface area contributed by atoms with Gasteiger partial charge in [-0.2, -0.15) is 5.26 Å². The van der Waals surface area contributed by atoms with Crippen LogP contribution in [0.5, 0.6) is 0 Å². The average molecular weight is 415 g/mol. The second-order valence-electron chi connectivity index (χ2n) is 6.38. The Labute approximate surface area is 177 Å². The molecule has 0 spiro atoms. The summed E-state index contributed by atoms with van der Waals surface area (Å²) in [6.45, 7) is 0.559. The zero-order valence-electron chi connectivity index (χ0n) is 15.9. The number of nitrogens with one attached hydrogen (secondary N) is 1. The minimum atomic E-state index is -0.168. The number of benzene rings is 2. The quantitative estimate of drug-likeness (QED) is 0.455. The average Bonchev–Trinajstić information content (AvgIpc) is 3.44. The van der Waals surface area contributed by atoms with Gasteiger partial charge in [-0.3, -0.25) is 9.36 Å². The largest absolute Gasteiger partial charge is 0.461 e.